The largest absolute Gasteiger partial charge is 0.492 e. The highest BCUT2D eigenvalue weighted by atomic mass is 35.5. The number of H-pyrrole nitrogens is 1. The molecule has 42 heavy (non-hydrogen) atoms. The lowest BCUT2D eigenvalue weighted by molar-refractivity contribution is -0.118. The predicted molar refractivity (Wildman–Crippen MR) is 164 cm³/mol. The molecular weight excluding hydrogens is 578 g/mol. The van der Waals surface area contributed by atoms with Crippen LogP contribution in [-0.4, -0.2) is 37.1 Å². The Kier molecular flexibility index (Phi) is 8.29. The number of pyridine rings is 1. The summed E-state index contributed by atoms with van der Waals surface area (Å²) in [6, 6.07) is 15.5. The highest BCUT2D eigenvalue weighted by molar-refractivity contribution is 7.89. The lowest BCUT2D eigenvalue weighted by Gasteiger charge is -2.13. The molecule has 9 nitrogen and oxygen atoms in total. The lowest BCUT2D eigenvalue weighted by atomic mass is 10.1. The molecule has 11 heteroatoms. The molecule has 2 N–H and O–H groups in total. The molecule has 0 bridgehead atoms. The van der Waals surface area contributed by atoms with Gasteiger partial charge in [0.1, 0.15) is 5.75 Å². The number of carbonyl (C=O) groups is 1. The maximum absolute atomic E-state index is 13.9. The van der Waals surface area contributed by atoms with Gasteiger partial charge < -0.3 is 14.5 Å². The van der Waals surface area contributed by atoms with E-state index in [4.69, 9.17) is 21.1 Å². The highest BCUT2D eigenvalue weighted by Gasteiger charge is 2.23. The van der Waals surface area contributed by atoms with Gasteiger partial charge in [-0.25, -0.2) is 8.42 Å². The van der Waals surface area contributed by atoms with Gasteiger partial charge in [0.15, 0.2) is 5.75 Å². The molecule has 0 aliphatic heterocycles. The van der Waals surface area contributed by atoms with Crippen LogP contribution >= 0.6 is 11.6 Å². The number of aryl methyl sites for hydroxylation is 1. The molecule has 0 aliphatic rings. The van der Waals surface area contributed by atoms with Crippen LogP contribution in [0.15, 0.2) is 71.8 Å². The van der Waals surface area contributed by atoms with E-state index in [0.717, 1.165) is 10.9 Å². The lowest BCUT2D eigenvalue weighted by Crippen LogP contribution is -2.32. The van der Waals surface area contributed by atoms with Crippen molar-refractivity contribution in [3.8, 4) is 17.2 Å². The van der Waals surface area contributed by atoms with Crippen molar-refractivity contribution in [2.75, 3.05) is 13.2 Å². The third-order valence-corrected chi connectivity index (χ3v) is 8.41. The SMILES string of the molecule is CCOc1c2cn(-c3ccc(CS(=O)(=O)NC(=O)Cc4ccccc4Cl)cc3C)c(=O)c2c(OCC)c2ccc[nH]c12. The molecule has 0 aliphatic carbocycles. The highest BCUT2D eigenvalue weighted by Crippen LogP contribution is 2.41. The molecule has 0 saturated carbocycles. The first kappa shape index (κ1) is 29.2. The third-order valence-electron chi connectivity index (χ3n) is 6.79. The summed E-state index contributed by atoms with van der Waals surface area (Å²) in [7, 11) is -3.98. The van der Waals surface area contributed by atoms with E-state index in [1.165, 1.54) is 4.57 Å². The Balaban J connectivity index is 1.48. The second-order valence-electron chi connectivity index (χ2n) is 9.75. The topological polar surface area (TPSA) is 119 Å². The van der Waals surface area contributed by atoms with Crippen molar-refractivity contribution in [1.29, 1.82) is 0 Å². The van der Waals surface area contributed by atoms with Gasteiger partial charge in [0.25, 0.3) is 5.56 Å². The maximum Gasteiger partial charge on any atom is 0.266 e. The summed E-state index contributed by atoms with van der Waals surface area (Å²) >= 11 is 6.10. The molecule has 0 fully saturated rings. The van der Waals surface area contributed by atoms with E-state index < -0.39 is 21.7 Å². The first-order valence-electron chi connectivity index (χ1n) is 13.4. The van der Waals surface area contributed by atoms with E-state index in [0.29, 0.717) is 62.9 Å². The van der Waals surface area contributed by atoms with Gasteiger partial charge in [-0.15, -0.1) is 0 Å². The number of aromatic nitrogens is 2. The van der Waals surface area contributed by atoms with Crippen molar-refractivity contribution in [3.63, 3.8) is 0 Å². The molecule has 2 aromatic heterocycles. The number of aromatic amines is 1. The molecule has 5 rings (SSSR count). The number of sulfonamides is 1. The van der Waals surface area contributed by atoms with E-state index in [1.54, 1.807) is 61.8 Å². The Morgan fingerprint density at radius 2 is 1.74 bits per heavy atom. The van der Waals surface area contributed by atoms with Gasteiger partial charge >= 0.3 is 0 Å². The molecule has 1 amide bonds. The number of rotatable bonds is 10. The molecule has 218 valence electrons. The van der Waals surface area contributed by atoms with Crippen LogP contribution in [0.4, 0.5) is 0 Å². The number of hydrogen-bond acceptors (Lipinski definition) is 6. The standard InChI is InChI=1S/C31H30ClN3O6S/c1-4-40-29-22-10-8-14-33-28(22)30(41-5-2)23-17-35(31(37)27(23)29)25-13-12-20(15-19(25)3)18-42(38,39)34-26(36)16-21-9-6-7-11-24(21)32/h6-15,17,33H,4-5,16,18H2,1-3H3,(H,34,36). The van der Waals surface area contributed by atoms with Crippen molar-refractivity contribution in [2.24, 2.45) is 0 Å². The summed E-state index contributed by atoms with van der Waals surface area (Å²) in [5.74, 6) is -0.0640. The molecular formula is C31H30ClN3O6S. The Labute approximate surface area is 248 Å². The van der Waals surface area contributed by atoms with Gasteiger partial charge in [0.05, 0.1) is 47.4 Å². The quantitative estimate of drug-likeness (QED) is 0.219. The molecule has 2 heterocycles. The first-order chi connectivity index (χ1) is 20.1. The van der Waals surface area contributed by atoms with Gasteiger partial charge in [-0.2, -0.15) is 0 Å². The number of fused-ring (bicyclic) bond motifs is 2. The van der Waals surface area contributed by atoms with Crippen molar-refractivity contribution >= 4 is 49.2 Å². The van der Waals surface area contributed by atoms with Crippen molar-refractivity contribution < 1.29 is 22.7 Å². The number of amides is 1. The summed E-state index contributed by atoms with van der Waals surface area (Å²) < 4.78 is 41.2. The molecule has 0 unspecified atom stereocenters. The van der Waals surface area contributed by atoms with E-state index in [9.17, 15) is 18.0 Å². The summed E-state index contributed by atoms with van der Waals surface area (Å²) in [4.78, 5) is 29.5. The van der Waals surface area contributed by atoms with Crippen LogP contribution < -0.4 is 19.8 Å². The number of benzene rings is 3. The Morgan fingerprint density at radius 3 is 2.45 bits per heavy atom. The zero-order chi connectivity index (χ0) is 30.0. The number of halogens is 1. The van der Waals surface area contributed by atoms with Crippen LogP contribution in [0, 0.1) is 6.92 Å². The van der Waals surface area contributed by atoms with E-state index >= 15 is 0 Å². The second-order valence-corrected chi connectivity index (χ2v) is 11.9. The number of carbonyl (C=O) groups excluding carboxylic acids is 1. The van der Waals surface area contributed by atoms with E-state index in [1.807, 2.05) is 26.0 Å². The number of hydrogen-bond donors (Lipinski definition) is 2. The normalized spacial score (nSPS) is 11.6. The van der Waals surface area contributed by atoms with Crippen LogP contribution in [0.25, 0.3) is 27.4 Å². The zero-order valence-corrected chi connectivity index (χ0v) is 24.9. The van der Waals surface area contributed by atoms with Crippen LogP contribution in [0.1, 0.15) is 30.5 Å². The van der Waals surface area contributed by atoms with Gasteiger partial charge in [0.2, 0.25) is 15.9 Å². The van der Waals surface area contributed by atoms with Crippen molar-refractivity contribution in [2.45, 2.75) is 32.9 Å². The zero-order valence-electron chi connectivity index (χ0n) is 23.4. The Bertz CT molecular complexity index is 1980. The molecule has 0 spiro atoms. The monoisotopic (exact) mass is 607 g/mol. The van der Waals surface area contributed by atoms with Crippen molar-refractivity contribution in [1.82, 2.24) is 14.3 Å². The van der Waals surface area contributed by atoms with Gasteiger partial charge in [-0.1, -0.05) is 41.9 Å². The minimum Gasteiger partial charge on any atom is -0.492 e. The van der Waals surface area contributed by atoms with Gasteiger partial charge in [-0.3, -0.25) is 18.9 Å². The molecule has 0 saturated heterocycles. The maximum atomic E-state index is 13.9. The average Bonchev–Trinajstić information content (AvgIpc) is 3.28. The predicted octanol–water partition coefficient (Wildman–Crippen LogP) is 5.42. The van der Waals surface area contributed by atoms with Gasteiger partial charge in [0, 0.05) is 22.8 Å². The van der Waals surface area contributed by atoms with Gasteiger partial charge in [-0.05, 0) is 61.7 Å². The van der Waals surface area contributed by atoms with Crippen LogP contribution in [-0.2, 0) is 27.0 Å². The van der Waals surface area contributed by atoms with E-state index in [2.05, 4.69) is 9.71 Å². The Morgan fingerprint density at radius 1 is 1.00 bits per heavy atom. The minimum absolute atomic E-state index is 0.162. The van der Waals surface area contributed by atoms with Crippen molar-refractivity contribution in [3.05, 3.63) is 99.1 Å². The Hall–Kier alpha value is -4.28. The summed E-state index contributed by atoms with van der Waals surface area (Å²) in [5, 5.41) is 2.13. The number of nitrogens with zero attached hydrogens (tertiary/aromatic N) is 1. The number of ether oxygens (including phenoxy) is 2. The fourth-order valence-corrected chi connectivity index (χ4v) is 6.40. The molecule has 0 atom stereocenters. The smallest absolute Gasteiger partial charge is 0.266 e. The fraction of sp³-hybridized carbons (Fsp3) is 0.226. The van der Waals surface area contributed by atoms with Crippen LogP contribution in [0.2, 0.25) is 5.02 Å². The first-order valence-corrected chi connectivity index (χ1v) is 15.5. The third kappa shape index (κ3) is 5.73. The van der Waals surface area contributed by atoms with E-state index in [-0.39, 0.29) is 12.0 Å². The summed E-state index contributed by atoms with van der Waals surface area (Å²) in [5.41, 5.74) is 2.69. The summed E-state index contributed by atoms with van der Waals surface area (Å²) in [6.07, 6.45) is 3.35. The average molecular weight is 608 g/mol. The van der Waals surface area contributed by atoms with Crippen LogP contribution in [0.3, 0.4) is 0 Å². The van der Waals surface area contributed by atoms with Crippen LogP contribution in [0.5, 0.6) is 11.5 Å². The number of nitrogens with one attached hydrogen (secondary N) is 2. The second kappa shape index (κ2) is 11.9. The molecule has 0 radical (unpaired) electrons. The summed E-state index contributed by atoms with van der Waals surface area (Å²) in [6.45, 7) is 6.30. The molecule has 3 aromatic carbocycles. The minimum atomic E-state index is -3.98. The molecule has 5 aromatic rings. The fourth-order valence-electron chi connectivity index (χ4n) is 5.09.